The lowest BCUT2D eigenvalue weighted by atomic mass is 10.8. The van der Waals surface area contributed by atoms with E-state index in [1.165, 1.54) is 0 Å². The van der Waals surface area contributed by atoms with Gasteiger partial charge >= 0.3 is 0 Å². The molecule has 0 saturated carbocycles. The molecule has 38 valence electrons. The molecule has 0 heterocycles. The summed E-state index contributed by atoms with van der Waals surface area (Å²) in [7, 11) is 0. The number of hydrogen-bond acceptors (Lipinski definition) is 1. The van der Waals surface area contributed by atoms with Gasteiger partial charge in [0.25, 0.3) is 6.43 Å². The van der Waals surface area contributed by atoms with Crippen molar-refractivity contribution in [3.05, 3.63) is 0 Å². The molecule has 1 N–H and O–H groups in total. The molecule has 0 radical (unpaired) electrons. The molecule has 0 rings (SSSR count). The van der Waals surface area contributed by atoms with Crippen molar-refractivity contribution in [3.63, 3.8) is 0 Å². The molecule has 0 aromatic carbocycles. The third kappa shape index (κ3) is 2.35. The Hall–Kier alpha value is 0.110. The third-order valence-corrected chi connectivity index (χ3v) is 0.398. The van der Waals surface area contributed by atoms with Gasteiger partial charge in [0, 0.05) is 0 Å². The van der Waals surface area contributed by atoms with Crippen LogP contribution >= 0.6 is 11.6 Å². The maximum Gasteiger partial charge on any atom is 0.277 e. The van der Waals surface area contributed by atoms with Crippen LogP contribution in [0.2, 0.25) is 0 Å². The van der Waals surface area contributed by atoms with Crippen LogP contribution in [0, 0.1) is 0 Å². The van der Waals surface area contributed by atoms with Gasteiger partial charge in [-0.15, -0.1) is 0 Å². The van der Waals surface area contributed by atoms with Gasteiger partial charge in [-0.2, -0.15) is 0 Å². The maximum absolute atomic E-state index is 10.8. The highest BCUT2D eigenvalue weighted by Crippen LogP contribution is 2.02. The van der Waals surface area contributed by atoms with Gasteiger partial charge in [-0.05, 0) is 0 Å². The van der Waals surface area contributed by atoms with Crippen LogP contribution in [-0.4, -0.2) is 17.1 Å². The largest absolute Gasteiger partial charge is 0.372 e. The number of rotatable bonds is 1. The second kappa shape index (κ2) is 2.31. The summed E-state index contributed by atoms with van der Waals surface area (Å²) < 4.78 is 21.6. The normalized spacial score (nSPS) is 15.5. The summed E-state index contributed by atoms with van der Waals surface area (Å²) in [6.45, 7) is 0. The van der Waals surface area contributed by atoms with Crippen molar-refractivity contribution >= 4 is 11.6 Å². The van der Waals surface area contributed by atoms with Gasteiger partial charge in [-0.1, -0.05) is 11.6 Å². The molecular weight excluding hydrogens is 113 g/mol. The second-order valence-electron chi connectivity index (χ2n) is 0.707. The molecule has 1 unspecified atom stereocenters. The molecule has 0 spiro atoms. The summed E-state index contributed by atoms with van der Waals surface area (Å²) in [6.07, 6.45) is -2.83. The van der Waals surface area contributed by atoms with Crippen molar-refractivity contribution in [1.29, 1.82) is 0 Å². The van der Waals surface area contributed by atoms with E-state index in [4.69, 9.17) is 5.11 Å². The minimum absolute atomic E-state index is 2.01. The highest BCUT2D eigenvalue weighted by Gasteiger charge is 2.10. The number of hydrogen-bond donors (Lipinski definition) is 1. The van der Waals surface area contributed by atoms with Crippen molar-refractivity contribution in [2.75, 3.05) is 0 Å². The van der Waals surface area contributed by atoms with Crippen LogP contribution in [0.4, 0.5) is 8.78 Å². The van der Waals surface area contributed by atoms with Gasteiger partial charge in [0.2, 0.25) is 0 Å². The molecule has 0 bridgehead atoms. The lowest BCUT2D eigenvalue weighted by Gasteiger charge is -1.94. The van der Waals surface area contributed by atoms with E-state index in [1.54, 1.807) is 0 Å². The molecule has 0 amide bonds. The molecule has 0 aliphatic rings. The highest BCUT2D eigenvalue weighted by molar-refractivity contribution is 6.19. The molecule has 4 heteroatoms. The van der Waals surface area contributed by atoms with Crippen LogP contribution in [0.25, 0.3) is 0 Å². The summed E-state index contributed by atoms with van der Waals surface area (Å²) >= 11 is 4.42. The summed E-state index contributed by atoms with van der Waals surface area (Å²) in [5.74, 6) is 0. The lowest BCUT2D eigenvalue weighted by molar-refractivity contribution is 0.0438. The molecule has 1 nitrogen and oxygen atoms in total. The van der Waals surface area contributed by atoms with E-state index >= 15 is 0 Å². The predicted octanol–water partition coefficient (Wildman–Crippen LogP) is 0.809. The van der Waals surface area contributed by atoms with Crippen molar-refractivity contribution in [2.24, 2.45) is 0 Å². The first kappa shape index (κ1) is 6.11. The standard InChI is InChI=1S/C2H3ClF2O/c3-1(6)2(4)5/h1-2,6H. The van der Waals surface area contributed by atoms with Crippen molar-refractivity contribution in [1.82, 2.24) is 0 Å². The fourth-order valence-corrected chi connectivity index (χ4v) is 0. The Morgan fingerprint density at radius 1 is 1.50 bits per heavy atom. The molecule has 0 aliphatic carbocycles. The number of halogens is 3. The van der Waals surface area contributed by atoms with Crippen LogP contribution in [0.1, 0.15) is 0 Å². The molecule has 6 heavy (non-hydrogen) atoms. The van der Waals surface area contributed by atoms with E-state index in [2.05, 4.69) is 11.6 Å². The molecule has 0 aliphatic heterocycles. The Morgan fingerprint density at radius 3 is 1.67 bits per heavy atom. The fourth-order valence-electron chi connectivity index (χ4n) is 0. The van der Waals surface area contributed by atoms with Gasteiger partial charge in [0.05, 0.1) is 0 Å². The Kier molecular flexibility index (Phi) is 2.35. The predicted molar refractivity (Wildman–Crippen MR) is 17.9 cm³/mol. The first-order valence-corrected chi connectivity index (χ1v) is 1.68. The van der Waals surface area contributed by atoms with E-state index in [1.807, 2.05) is 0 Å². The van der Waals surface area contributed by atoms with Gasteiger partial charge < -0.3 is 5.11 Å². The van der Waals surface area contributed by atoms with Gasteiger partial charge in [0.1, 0.15) is 0 Å². The van der Waals surface area contributed by atoms with Crippen LogP contribution in [-0.2, 0) is 0 Å². The molecule has 0 aromatic rings. The van der Waals surface area contributed by atoms with Crippen LogP contribution in [0.3, 0.4) is 0 Å². The summed E-state index contributed by atoms with van der Waals surface area (Å²) in [4.78, 5) is 0. The Morgan fingerprint density at radius 2 is 1.67 bits per heavy atom. The zero-order chi connectivity index (χ0) is 5.15. The first-order chi connectivity index (χ1) is 2.64. The summed E-state index contributed by atoms with van der Waals surface area (Å²) in [6, 6.07) is 0. The molecule has 0 fully saturated rings. The zero-order valence-corrected chi connectivity index (χ0v) is 3.49. The zero-order valence-electron chi connectivity index (χ0n) is 2.74. The molecule has 0 aromatic heterocycles. The average Bonchev–Trinajstić information content (AvgIpc) is 1.36. The molecule has 0 saturated heterocycles. The quantitative estimate of drug-likeness (QED) is 0.503. The Balaban J connectivity index is 2.99. The SMILES string of the molecule is OC(Cl)C(F)F. The van der Waals surface area contributed by atoms with E-state index in [0.29, 0.717) is 0 Å². The van der Waals surface area contributed by atoms with Crippen molar-refractivity contribution in [2.45, 2.75) is 12.0 Å². The monoisotopic (exact) mass is 116 g/mol. The average molecular weight is 116 g/mol. The third-order valence-electron chi connectivity index (χ3n) is 0.208. The van der Waals surface area contributed by atoms with Crippen molar-refractivity contribution < 1.29 is 13.9 Å². The van der Waals surface area contributed by atoms with Crippen LogP contribution in [0.5, 0.6) is 0 Å². The van der Waals surface area contributed by atoms with E-state index in [9.17, 15) is 8.78 Å². The lowest BCUT2D eigenvalue weighted by Crippen LogP contribution is -2.07. The minimum Gasteiger partial charge on any atom is -0.372 e. The molecular formula is C2H3ClF2O. The molecule has 1 atom stereocenters. The second-order valence-corrected chi connectivity index (χ2v) is 1.15. The smallest absolute Gasteiger partial charge is 0.277 e. The van der Waals surface area contributed by atoms with E-state index < -0.39 is 12.0 Å². The summed E-state index contributed by atoms with van der Waals surface area (Å²) in [5, 5.41) is 7.65. The number of aliphatic hydroxyl groups is 1. The van der Waals surface area contributed by atoms with E-state index in [0.717, 1.165) is 0 Å². The Labute approximate surface area is 38.5 Å². The minimum atomic E-state index is -2.83. The highest BCUT2D eigenvalue weighted by atomic mass is 35.5. The van der Waals surface area contributed by atoms with Gasteiger partial charge in [-0.25, -0.2) is 8.78 Å². The number of aliphatic hydroxyl groups excluding tert-OH is 1. The van der Waals surface area contributed by atoms with E-state index in [-0.39, 0.29) is 0 Å². The van der Waals surface area contributed by atoms with Gasteiger partial charge in [-0.3, -0.25) is 0 Å². The first-order valence-electron chi connectivity index (χ1n) is 1.25. The van der Waals surface area contributed by atoms with Crippen molar-refractivity contribution in [3.8, 4) is 0 Å². The fraction of sp³-hybridized carbons (Fsp3) is 1.00. The Bertz CT molecular complexity index is 32.5. The van der Waals surface area contributed by atoms with Crippen LogP contribution in [0.15, 0.2) is 0 Å². The summed E-state index contributed by atoms with van der Waals surface area (Å²) in [5.41, 5.74) is -2.01. The van der Waals surface area contributed by atoms with Gasteiger partial charge in [0.15, 0.2) is 5.56 Å². The topological polar surface area (TPSA) is 20.2 Å². The maximum atomic E-state index is 10.8. The van der Waals surface area contributed by atoms with Crippen LogP contribution < -0.4 is 0 Å². The number of alkyl halides is 3.